The molecule has 240 valence electrons. The van der Waals surface area contributed by atoms with E-state index >= 15 is 0 Å². The summed E-state index contributed by atoms with van der Waals surface area (Å²) in [6.07, 6.45) is 11.6. The zero-order valence-electron chi connectivity index (χ0n) is 27.7. The third kappa shape index (κ3) is 5.45. The molecule has 8 rings (SSSR count). The lowest BCUT2D eigenvalue weighted by Gasteiger charge is -2.45. The van der Waals surface area contributed by atoms with Gasteiger partial charge >= 0.3 is 0 Å². The molecule has 3 nitrogen and oxygen atoms in total. The van der Waals surface area contributed by atoms with Crippen molar-refractivity contribution < 1.29 is 14.3 Å². The molecule has 3 aliphatic rings. The highest BCUT2D eigenvalue weighted by molar-refractivity contribution is 7.68. The van der Waals surface area contributed by atoms with E-state index in [0.717, 1.165) is 24.3 Å². The average molecular weight is 641 g/mol. The van der Waals surface area contributed by atoms with Crippen molar-refractivity contribution in [2.75, 3.05) is 14.2 Å². The summed E-state index contributed by atoms with van der Waals surface area (Å²) in [5.74, 6) is 3.54. The first-order valence-electron chi connectivity index (χ1n) is 17.7. The summed E-state index contributed by atoms with van der Waals surface area (Å²) in [7, 11) is 2.90. The van der Waals surface area contributed by atoms with Crippen molar-refractivity contribution in [3.05, 3.63) is 91.0 Å². The zero-order chi connectivity index (χ0) is 31.9. The van der Waals surface area contributed by atoms with Gasteiger partial charge in [0, 0.05) is 24.0 Å². The van der Waals surface area contributed by atoms with E-state index in [1.807, 2.05) is 0 Å². The molecule has 1 aliphatic heterocycles. The van der Waals surface area contributed by atoms with Crippen molar-refractivity contribution in [1.29, 1.82) is 0 Å². The summed E-state index contributed by atoms with van der Waals surface area (Å²) < 4.78 is 12.4. The fraction of sp³-hybridized carbons (Fsp3) is 0.372. The van der Waals surface area contributed by atoms with Crippen LogP contribution in [0.1, 0.15) is 64.2 Å². The van der Waals surface area contributed by atoms with Crippen LogP contribution in [0.4, 0.5) is 0 Å². The Hall–Kier alpha value is -3.68. The molecular formula is C43H45O3P. The lowest BCUT2D eigenvalue weighted by atomic mass is 9.91. The Bertz CT molecular complexity index is 1800. The van der Waals surface area contributed by atoms with Gasteiger partial charge in [0.2, 0.25) is 0 Å². The largest absolute Gasteiger partial charge is 0.496 e. The van der Waals surface area contributed by atoms with E-state index in [-0.39, 0.29) is 0 Å². The van der Waals surface area contributed by atoms with Crippen LogP contribution in [0.2, 0.25) is 0 Å². The van der Waals surface area contributed by atoms with Crippen molar-refractivity contribution in [2.24, 2.45) is 11.8 Å². The number of carbonyl (C=O) groups excluding carboxylic acids is 1. The zero-order valence-corrected chi connectivity index (χ0v) is 28.6. The van der Waals surface area contributed by atoms with Gasteiger partial charge in [0.1, 0.15) is 17.3 Å². The first-order chi connectivity index (χ1) is 23.2. The molecule has 2 saturated carbocycles. The summed E-state index contributed by atoms with van der Waals surface area (Å²) in [5.41, 5.74) is 5.71. The van der Waals surface area contributed by atoms with Crippen LogP contribution in [0.15, 0.2) is 91.0 Å². The van der Waals surface area contributed by atoms with Crippen LogP contribution in [-0.2, 0) is 4.79 Å². The molecule has 3 fully saturated rings. The Kier molecular flexibility index (Phi) is 8.53. The van der Waals surface area contributed by atoms with Gasteiger partial charge in [0.25, 0.3) is 0 Å². The van der Waals surface area contributed by atoms with Crippen molar-refractivity contribution in [1.82, 2.24) is 0 Å². The number of benzene rings is 5. The minimum atomic E-state index is -0.709. The van der Waals surface area contributed by atoms with Gasteiger partial charge in [0.05, 0.1) is 14.2 Å². The highest BCUT2D eigenvalue weighted by Gasteiger charge is 2.47. The summed E-state index contributed by atoms with van der Waals surface area (Å²) in [6.45, 7) is 0. The predicted octanol–water partition coefficient (Wildman–Crippen LogP) is 10.9. The molecule has 2 aliphatic carbocycles. The molecular weight excluding hydrogens is 595 g/mol. The molecule has 5 aromatic rings. The van der Waals surface area contributed by atoms with Crippen molar-refractivity contribution >= 4 is 40.6 Å². The van der Waals surface area contributed by atoms with Gasteiger partial charge in [0.15, 0.2) is 0 Å². The summed E-state index contributed by atoms with van der Waals surface area (Å²) >= 11 is 0. The molecule has 1 saturated heterocycles. The molecule has 0 radical (unpaired) electrons. The SMILES string of the molecule is COc1ccc2ccccc2c1-c1cccc(-c2c(OC)ccc3ccccc23)c1P1C(C2CCCC2)CC(=O)CC1C1CCCC1. The standard InChI is InChI=1S/C43H45O3P/c1-45-37-24-22-28-12-7-9-18-33(28)41(37)35-20-11-21-36(42-34-19-10-8-13-29(34)23-25-38(42)46-2)43(35)47-39(30-14-3-4-15-30)26-32(44)27-40(47)31-16-5-6-17-31/h7-13,18-25,30-31,39-40H,3-6,14-17,26-27H2,1-2H3. The van der Waals surface area contributed by atoms with E-state index < -0.39 is 7.92 Å². The molecule has 0 aromatic heterocycles. The number of ether oxygens (including phenoxy) is 2. The van der Waals surface area contributed by atoms with Gasteiger partial charge in [-0.2, -0.15) is 0 Å². The quantitative estimate of drug-likeness (QED) is 0.166. The first-order valence-corrected chi connectivity index (χ1v) is 19.2. The number of Topliss-reactive ketones (excluding diaryl/α,β-unsaturated/α-hetero) is 1. The highest BCUT2D eigenvalue weighted by Crippen LogP contribution is 2.63. The van der Waals surface area contributed by atoms with E-state index in [2.05, 4.69) is 91.0 Å². The average Bonchev–Trinajstić information content (AvgIpc) is 3.86. The topological polar surface area (TPSA) is 35.5 Å². The Balaban J connectivity index is 1.49. The molecule has 47 heavy (non-hydrogen) atoms. The minimum absolute atomic E-state index is 0.404. The van der Waals surface area contributed by atoms with Crippen LogP contribution in [0.25, 0.3) is 43.8 Å². The maximum atomic E-state index is 13.8. The van der Waals surface area contributed by atoms with Gasteiger partial charge in [-0.15, -0.1) is 0 Å². The number of fused-ring (bicyclic) bond motifs is 2. The second-order valence-electron chi connectivity index (χ2n) is 14.0. The van der Waals surface area contributed by atoms with Gasteiger partial charge in [-0.25, -0.2) is 0 Å². The lowest BCUT2D eigenvalue weighted by molar-refractivity contribution is -0.119. The second-order valence-corrected chi connectivity index (χ2v) is 16.6. The van der Waals surface area contributed by atoms with E-state index in [4.69, 9.17) is 9.47 Å². The van der Waals surface area contributed by atoms with Crippen molar-refractivity contribution in [3.63, 3.8) is 0 Å². The second kappa shape index (κ2) is 13.1. The normalized spacial score (nSPS) is 22.3. The molecule has 0 spiro atoms. The molecule has 2 unspecified atom stereocenters. The lowest BCUT2D eigenvalue weighted by Crippen LogP contribution is -2.39. The number of methoxy groups -OCH3 is 2. The van der Waals surface area contributed by atoms with E-state index in [1.165, 1.54) is 100 Å². The molecule has 0 N–H and O–H groups in total. The summed E-state index contributed by atoms with van der Waals surface area (Å²) in [5, 5.41) is 6.33. The number of hydrogen-bond acceptors (Lipinski definition) is 3. The van der Waals surface area contributed by atoms with Gasteiger partial charge in [-0.3, -0.25) is 4.79 Å². The Morgan fingerprint density at radius 1 is 0.553 bits per heavy atom. The van der Waals surface area contributed by atoms with E-state index in [1.54, 1.807) is 14.2 Å². The van der Waals surface area contributed by atoms with Crippen LogP contribution in [0.3, 0.4) is 0 Å². The first kappa shape index (κ1) is 30.6. The van der Waals surface area contributed by atoms with Crippen LogP contribution in [-0.4, -0.2) is 31.3 Å². The molecule has 1 heterocycles. The highest BCUT2D eigenvalue weighted by atomic mass is 31.1. The van der Waals surface area contributed by atoms with E-state index in [0.29, 0.717) is 28.9 Å². The van der Waals surface area contributed by atoms with Crippen LogP contribution in [0, 0.1) is 11.8 Å². The van der Waals surface area contributed by atoms with Gasteiger partial charge < -0.3 is 9.47 Å². The Morgan fingerprint density at radius 3 is 1.45 bits per heavy atom. The Labute approximate surface area is 280 Å². The molecule has 4 heteroatoms. The van der Waals surface area contributed by atoms with Crippen molar-refractivity contribution in [2.45, 2.75) is 75.5 Å². The number of rotatable bonds is 7. The summed E-state index contributed by atoms with van der Waals surface area (Å²) in [4.78, 5) is 13.8. The van der Waals surface area contributed by atoms with Gasteiger partial charge in [-0.1, -0.05) is 112 Å². The maximum absolute atomic E-state index is 13.8. The van der Waals surface area contributed by atoms with Crippen molar-refractivity contribution in [3.8, 4) is 33.8 Å². The number of hydrogen-bond donors (Lipinski definition) is 0. The number of carbonyl (C=O) groups is 1. The fourth-order valence-corrected chi connectivity index (χ4v) is 13.8. The molecule has 0 bridgehead atoms. The fourth-order valence-electron chi connectivity index (χ4n) is 9.42. The van der Waals surface area contributed by atoms with Crippen LogP contribution >= 0.6 is 7.92 Å². The summed E-state index contributed by atoms with van der Waals surface area (Å²) in [6, 6.07) is 33.1. The third-order valence-corrected chi connectivity index (χ3v) is 15.2. The minimum Gasteiger partial charge on any atom is -0.496 e. The van der Waals surface area contributed by atoms with E-state index in [9.17, 15) is 4.79 Å². The third-order valence-electron chi connectivity index (χ3n) is 11.5. The number of ketones is 1. The Morgan fingerprint density at radius 2 is 1.00 bits per heavy atom. The molecule has 0 amide bonds. The smallest absolute Gasteiger partial charge is 0.134 e. The van der Waals surface area contributed by atoms with Crippen LogP contribution < -0.4 is 14.8 Å². The molecule has 2 atom stereocenters. The van der Waals surface area contributed by atoms with Crippen LogP contribution in [0.5, 0.6) is 11.5 Å². The maximum Gasteiger partial charge on any atom is 0.134 e. The predicted molar refractivity (Wildman–Crippen MR) is 198 cm³/mol. The monoisotopic (exact) mass is 640 g/mol. The molecule has 5 aromatic carbocycles. The van der Waals surface area contributed by atoms with Gasteiger partial charge in [-0.05, 0) is 98.9 Å².